The molecule has 10 heteroatoms. The van der Waals surface area contributed by atoms with Crippen molar-refractivity contribution in [3.8, 4) is 0 Å². The Morgan fingerprint density at radius 2 is 2.35 bits per heavy atom. The average Bonchev–Trinajstić information content (AvgIpc) is 2.74. The number of likely N-dealkylation sites (tertiary alicyclic amines) is 1. The molecule has 1 aliphatic rings. The van der Waals surface area contributed by atoms with Crippen molar-refractivity contribution >= 4 is 21.7 Å². The van der Waals surface area contributed by atoms with Crippen LogP contribution < -0.4 is 10.5 Å². The highest BCUT2D eigenvalue weighted by molar-refractivity contribution is 7.92. The fraction of sp³-hybridized carbons (Fsp3) is 0.700. The fourth-order valence-electron chi connectivity index (χ4n) is 2.07. The quantitative estimate of drug-likeness (QED) is 0.705. The number of hydrogen-bond acceptors (Lipinski definition) is 6. The van der Waals surface area contributed by atoms with Crippen LogP contribution in [0.15, 0.2) is 6.20 Å². The van der Waals surface area contributed by atoms with Crippen LogP contribution in [0.25, 0.3) is 0 Å². The molecule has 0 spiro atoms. The number of carbonyl (C=O) groups excluding carboxylic acids is 1. The van der Waals surface area contributed by atoms with Crippen LogP contribution in [0.3, 0.4) is 0 Å². The van der Waals surface area contributed by atoms with Crippen molar-refractivity contribution in [2.45, 2.75) is 25.4 Å². The summed E-state index contributed by atoms with van der Waals surface area (Å²) >= 11 is 0. The van der Waals surface area contributed by atoms with Gasteiger partial charge in [-0.25, -0.2) is 8.42 Å². The predicted molar refractivity (Wildman–Crippen MR) is 72.3 cm³/mol. The molecule has 1 atom stereocenters. The van der Waals surface area contributed by atoms with Gasteiger partial charge in [0.15, 0.2) is 5.82 Å². The van der Waals surface area contributed by atoms with E-state index in [2.05, 4.69) is 14.9 Å². The van der Waals surface area contributed by atoms with Gasteiger partial charge in [0.1, 0.15) is 6.54 Å². The lowest BCUT2D eigenvalue weighted by atomic mass is 10.1. The number of aromatic nitrogens is 3. The fourth-order valence-corrected chi connectivity index (χ4v) is 2.54. The van der Waals surface area contributed by atoms with E-state index in [0.29, 0.717) is 13.1 Å². The molecule has 3 N–H and O–H groups in total. The number of piperidine rings is 1. The van der Waals surface area contributed by atoms with E-state index in [0.717, 1.165) is 23.9 Å². The molecule has 1 amide bonds. The van der Waals surface area contributed by atoms with Crippen LogP contribution in [0, 0.1) is 0 Å². The number of hydrogen-bond donors (Lipinski definition) is 2. The van der Waals surface area contributed by atoms with Gasteiger partial charge >= 0.3 is 0 Å². The summed E-state index contributed by atoms with van der Waals surface area (Å²) in [6, 6.07) is 0.0146. The molecule has 1 aromatic rings. The van der Waals surface area contributed by atoms with Crippen LogP contribution in [-0.4, -0.2) is 59.6 Å². The molecule has 112 valence electrons. The minimum atomic E-state index is -3.40. The van der Waals surface area contributed by atoms with Crippen molar-refractivity contribution in [2.24, 2.45) is 5.73 Å². The Hall–Kier alpha value is -1.68. The third-order valence-corrected chi connectivity index (χ3v) is 3.49. The van der Waals surface area contributed by atoms with E-state index in [1.165, 1.54) is 6.20 Å². The lowest BCUT2D eigenvalue weighted by molar-refractivity contribution is -0.133. The third kappa shape index (κ3) is 4.17. The summed E-state index contributed by atoms with van der Waals surface area (Å²) in [6.45, 7) is 1.19. The second kappa shape index (κ2) is 5.75. The summed E-state index contributed by atoms with van der Waals surface area (Å²) in [5.74, 6) is -0.0303. The molecular formula is C10H18N6O3S. The van der Waals surface area contributed by atoms with Crippen LogP contribution >= 0.6 is 0 Å². The van der Waals surface area contributed by atoms with E-state index >= 15 is 0 Å². The summed E-state index contributed by atoms with van der Waals surface area (Å²) in [5, 5.41) is 7.74. The van der Waals surface area contributed by atoms with E-state index in [1.54, 1.807) is 4.90 Å². The van der Waals surface area contributed by atoms with Gasteiger partial charge in [0.25, 0.3) is 0 Å². The van der Waals surface area contributed by atoms with Gasteiger partial charge in [-0.2, -0.15) is 9.90 Å². The van der Waals surface area contributed by atoms with Gasteiger partial charge in [0.2, 0.25) is 15.9 Å². The summed E-state index contributed by atoms with van der Waals surface area (Å²) in [7, 11) is -3.40. The molecule has 1 fully saturated rings. The van der Waals surface area contributed by atoms with Gasteiger partial charge in [-0.05, 0) is 12.8 Å². The number of nitrogens with one attached hydrogen (secondary N) is 1. The van der Waals surface area contributed by atoms with Crippen LogP contribution in [0.4, 0.5) is 5.82 Å². The summed E-state index contributed by atoms with van der Waals surface area (Å²) in [4.78, 5) is 14.9. The van der Waals surface area contributed by atoms with Gasteiger partial charge in [0, 0.05) is 19.1 Å². The highest BCUT2D eigenvalue weighted by Gasteiger charge is 2.21. The minimum absolute atomic E-state index is 0.0146. The Morgan fingerprint density at radius 3 is 3.00 bits per heavy atom. The maximum Gasteiger partial charge on any atom is 0.246 e. The van der Waals surface area contributed by atoms with Gasteiger partial charge in [-0.1, -0.05) is 0 Å². The maximum absolute atomic E-state index is 12.0. The second-order valence-corrected chi connectivity index (χ2v) is 6.62. The zero-order chi connectivity index (χ0) is 14.8. The molecule has 0 aliphatic carbocycles. The Morgan fingerprint density at radius 1 is 1.60 bits per heavy atom. The number of sulfonamides is 1. The molecule has 0 aromatic carbocycles. The normalized spacial score (nSPS) is 19.9. The Kier molecular flexibility index (Phi) is 4.23. The molecule has 20 heavy (non-hydrogen) atoms. The highest BCUT2D eigenvalue weighted by Crippen LogP contribution is 2.09. The summed E-state index contributed by atoms with van der Waals surface area (Å²) in [5.41, 5.74) is 5.82. The topological polar surface area (TPSA) is 123 Å². The van der Waals surface area contributed by atoms with Gasteiger partial charge < -0.3 is 10.6 Å². The smallest absolute Gasteiger partial charge is 0.246 e. The first-order valence-electron chi connectivity index (χ1n) is 6.25. The van der Waals surface area contributed by atoms with E-state index in [4.69, 9.17) is 5.73 Å². The van der Waals surface area contributed by atoms with E-state index in [-0.39, 0.29) is 24.3 Å². The lowest BCUT2D eigenvalue weighted by Crippen LogP contribution is -2.46. The Balaban J connectivity index is 1.94. The zero-order valence-electron chi connectivity index (χ0n) is 11.2. The van der Waals surface area contributed by atoms with Crippen LogP contribution in [-0.2, 0) is 21.4 Å². The van der Waals surface area contributed by atoms with Crippen LogP contribution in [0.2, 0.25) is 0 Å². The third-order valence-electron chi connectivity index (χ3n) is 2.91. The predicted octanol–water partition coefficient (Wildman–Crippen LogP) is -1.40. The van der Waals surface area contributed by atoms with Crippen LogP contribution in [0.5, 0.6) is 0 Å². The lowest BCUT2D eigenvalue weighted by Gasteiger charge is -2.30. The van der Waals surface area contributed by atoms with Crippen molar-refractivity contribution in [1.29, 1.82) is 0 Å². The van der Waals surface area contributed by atoms with Crippen molar-refractivity contribution in [3.63, 3.8) is 0 Å². The van der Waals surface area contributed by atoms with E-state index in [9.17, 15) is 13.2 Å². The highest BCUT2D eigenvalue weighted by atomic mass is 32.2. The first-order chi connectivity index (χ1) is 9.33. The average molecular weight is 302 g/mol. The molecular weight excluding hydrogens is 284 g/mol. The number of carbonyl (C=O) groups is 1. The number of nitrogens with two attached hydrogens (primary N) is 1. The Bertz CT molecular complexity index is 584. The molecule has 0 saturated carbocycles. The molecule has 1 unspecified atom stereocenters. The molecule has 2 heterocycles. The summed E-state index contributed by atoms with van der Waals surface area (Å²) in [6.07, 6.45) is 4.09. The molecule has 1 aliphatic heterocycles. The molecule has 0 bridgehead atoms. The molecule has 1 saturated heterocycles. The SMILES string of the molecule is CS(=O)(=O)Nc1cnn(CC(=O)N2CCCC(N)C2)n1. The van der Waals surface area contributed by atoms with E-state index < -0.39 is 10.0 Å². The van der Waals surface area contributed by atoms with Crippen molar-refractivity contribution in [2.75, 3.05) is 24.1 Å². The molecule has 9 nitrogen and oxygen atoms in total. The van der Waals surface area contributed by atoms with Crippen LogP contribution in [0.1, 0.15) is 12.8 Å². The zero-order valence-corrected chi connectivity index (χ0v) is 12.0. The number of amides is 1. The minimum Gasteiger partial charge on any atom is -0.339 e. The van der Waals surface area contributed by atoms with Crippen molar-refractivity contribution < 1.29 is 13.2 Å². The molecule has 0 radical (unpaired) electrons. The number of rotatable bonds is 4. The first-order valence-corrected chi connectivity index (χ1v) is 8.14. The standard InChI is InChI=1S/C10H18N6O3S/c1-20(18,19)14-9-5-12-16(13-9)7-10(17)15-4-2-3-8(11)6-15/h5,8H,2-4,6-7,11H2,1H3,(H,13,14). The second-order valence-electron chi connectivity index (χ2n) is 4.88. The van der Waals surface area contributed by atoms with Gasteiger partial charge in [-0.3, -0.25) is 9.52 Å². The van der Waals surface area contributed by atoms with Crippen molar-refractivity contribution in [1.82, 2.24) is 19.9 Å². The molecule has 2 rings (SSSR count). The molecule has 1 aromatic heterocycles. The number of anilines is 1. The first kappa shape index (κ1) is 14.7. The largest absolute Gasteiger partial charge is 0.339 e. The summed E-state index contributed by atoms with van der Waals surface area (Å²) < 4.78 is 24.3. The van der Waals surface area contributed by atoms with Crippen molar-refractivity contribution in [3.05, 3.63) is 6.20 Å². The Labute approximate surface area is 117 Å². The monoisotopic (exact) mass is 302 g/mol. The van der Waals surface area contributed by atoms with Gasteiger partial charge in [-0.15, -0.1) is 5.10 Å². The number of nitrogens with zero attached hydrogens (tertiary/aromatic N) is 4. The van der Waals surface area contributed by atoms with Gasteiger partial charge in [0.05, 0.1) is 12.5 Å². The van der Waals surface area contributed by atoms with E-state index in [1.807, 2.05) is 0 Å². The maximum atomic E-state index is 12.0.